The second-order valence-corrected chi connectivity index (χ2v) is 5.20. The fourth-order valence-electron chi connectivity index (χ4n) is 1.94. The molecule has 5 heteroatoms. The number of rotatable bonds is 6. The lowest BCUT2D eigenvalue weighted by molar-refractivity contribution is -0.149. The van der Waals surface area contributed by atoms with Crippen LogP contribution >= 0.6 is 0 Å². The van der Waals surface area contributed by atoms with Gasteiger partial charge >= 0.3 is 5.97 Å². The minimum atomic E-state index is -1.16. The number of esters is 1. The molecule has 0 aliphatic carbocycles. The van der Waals surface area contributed by atoms with Crippen LogP contribution in [0, 0.1) is 12.7 Å². The predicted octanol–water partition coefficient (Wildman–Crippen LogP) is 2.57. The molecule has 0 aliphatic heterocycles. The molecule has 2 atom stereocenters. The fraction of sp³-hybridized carbons (Fsp3) is 0.533. The van der Waals surface area contributed by atoms with E-state index in [1.165, 1.54) is 6.07 Å². The number of hydrogen-bond donors (Lipinski definition) is 1. The lowest BCUT2D eigenvalue weighted by Gasteiger charge is -2.26. The van der Waals surface area contributed by atoms with Crippen molar-refractivity contribution in [1.82, 2.24) is 0 Å². The second kappa shape index (κ2) is 6.70. The van der Waals surface area contributed by atoms with Crippen LogP contribution in [0.2, 0.25) is 0 Å². The number of ether oxygens (including phenoxy) is 2. The van der Waals surface area contributed by atoms with Gasteiger partial charge in [-0.05, 0) is 45.4 Å². The van der Waals surface area contributed by atoms with Crippen molar-refractivity contribution in [2.24, 2.45) is 5.73 Å². The Labute approximate surface area is 119 Å². The van der Waals surface area contributed by atoms with E-state index in [1.54, 1.807) is 32.9 Å². The summed E-state index contributed by atoms with van der Waals surface area (Å²) >= 11 is 0. The number of halogens is 1. The number of carbonyl (C=O) groups excluding carboxylic acids is 1. The van der Waals surface area contributed by atoms with Crippen molar-refractivity contribution < 1.29 is 18.7 Å². The molecule has 20 heavy (non-hydrogen) atoms. The highest BCUT2D eigenvalue weighted by molar-refractivity contribution is 5.80. The molecule has 0 saturated carbocycles. The maximum atomic E-state index is 13.6. The van der Waals surface area contributed by atoms with Crippen molar-refractivity contribution >= 4 is 5.97 Å². The van der Waals surface area contributed by atoms with Crippen LogP contribution in [0.5, 0.6) is 5.75 Å². The van der Waals surface area contributed by atoms with Gasteiger partial charge in [-0.1, -0.05) is 6.07 Å². The number of benzene rings is 1. The van der Waals surface area contributed by atoms with Crippen LogP contribution in [0.4, 0.5) is 4.39 Å². The van der Waals surface area contributed by atoms with Gasteiger partial charge in [0, 0.05) is 6.42 Å². The van der Waals surface area contributed by atoms with Crippen LogP contribution in [0.3, 0.4) is 0 Å². The summed E-state index contributed by atoms with van der Waals surface area (Å²) in [5.74, 6) is -0.755. The molecule has 112 valence electrons. The van der Waals surface area contributed by atoms with Gasteiger partial charge in [0.15, 0.2) is 11.6 Å². The minimum absolute atomic E-state index is 0.164. The first kappa shape index (κ1) is 16.4. The van der Waals surface area contributed by atoms with Crippen LogP contribution in [-0.4, -0.2) is 24.2 Å². The first-order valence-corrected chi connectivity index (χ1v) is 6.65. The molecular formula is C15H22FNO3. The molecule has 0 aliphatic rings. The van der Waals surface area contributed by atoms with Crippen LogP contribution in [0.25, 0.3) is 0 Å². The van der Waals surface area contributed by atoms with Crippen LogP contribution in [-0.2, 0) is 9.53 Å². The highest BCUT2D eigenvalue weighted by Gasteiger charge is 2.32. The first-order valence-electron chi connectivity index (χ1n) is 6.65. The summed E-state index contributed by atoms with van der Waals surface area (Å²) in [4.78, 5) is 11.7. The molecular weight excluding hydrogens is 261 g/mol. The third kappa shape index (κ3) is 4.49. The topological polar surface area (TPSA) is 61.5 Å². The Morgan fingerprint density at radius 3 is 2.75 bits per heavy atom. The van der Waals surface area contributed by atoms with E-state index in [0.717, 1.165) is 5.56 Å². The predicted molar refractivity (Wildman–Crippen MR) is 75.1 cm³/mol. The standard InChI is InChI=1S/C15H22FNO3/c1-5-19-14(18)15(4,17)9-11(3)20-13-8-10(2)6-7-12(13)16/h6-8,11H,5,9,17H2,1-4H3. The summed E-state index contributed by atoms with van der Waals surface area (Å²) in [7, 11) is 0. The van der Waals surface area contributed by atoms with Gasteiger partial charge in [-0.15, -0.1) is 0 Å². The second-order valence-electron chi connectivity index (χ2n) is 5.20. The highest BCUT2D eigenvalue weighted by atomic mass is 19.1. The summed E-state index contributed by atoms with van der Waals surface area (Å²) in [6.45, 7) is 7.16. The van der Waals surface area contributed by atoms with Crippen molar-refractivity contribution in [3.8, 4) is 5.75 Å². The third-order valence-corrected chi connectivity index (χ3v) is 2.87. The average molecular weight is 283 g/mol. The summed E-state index contributed by atoms with van der Waals surface area (Å²) in [6, 6.07) is 4.63. The van der Waals surface area contributed by atoms with Crippen molar-refractivity contribution in [3.63, 3.8) is 0 Å². The molecule has 0 amide bonds. The number of nitrogens with two attached hydrogens (primary N) is 1. The zero-order chi connectivity index (χ0) is 15.3. The van der Waals surface area contributed by atoms with Gasteiger partial charge in [-0.25, -0.2) is 4.39 Å². The molecule has 1 aromatic rings. The Morgan fingerprint density at radius 2 is 2.15 bits per heavy atom. The van der Waals surface area contributed by atoms with Gasteiger partial charge < -0.3 is 15.2 Å². The summed E-state index contributed by atoms with van der Waals surface area (Å²) in [6.07, 6.45) is -0.176. The Bertz CT molecular complexity index is 474. The molecule has 1 rings (SSSR count). The first-order chi connectivity index (χ1) is 9.26. The summed E-state index contributed by atoms with van der Waals surface area (Å²) < 4.78 is 24.0. The van der Waals surface area contributed by atoms with E-state index >= 15 is 0 Å². The average Bonchev–Trinajstić information content (AvgIpc) is 2.33. The zero-order valence-corrected chi connectivity index (χ0v) is 12.4. The third-order valence-electron chi connectivity index (χ3n) is 2.87. The van der Waals surface area contributed by atoms with Crippen molar-refractivity contribution in [2.75, 3.05) is 6.61 Å². The van der Waals surface area contributed by atoms with E-state index in [2.05, 4.69) is 0 Å². The van der Waals surface area contributed by atoms with E-state index in [1.807, 2.05) is 6.92 Å². The molecule has 0 bridgehead atoms. The molecule has 0 aromatic heterocycles. The number of hydrogen-bond acceptors (Lipinski definition) is 4. The Hall–Kier alpha value is -1.62. The maximum absolute atomic E-state index is 13.6. The normalized spacial score (nSPS) is 15.3. The number of aryl methyl sites for hydroxylation is 1. The van der Waals surface area contributed by atoms with Crippen LogP contribution in [0.15, 0.2) is 18.2 Å². The zero-order valence-electron chi connectivity index (χ0n) is 12.4. The van der Waals surface area contributed by atoms with Crippen LogP contribution < -0.4 is 10.5 Å². The molecule has 0 fully saturated rings. The quantitative estimate of drug-likeness (QED) is 0.815. The van der Waals surface area contributed by atoms with Crippen molar-refractivity contribution in [2.45, 2.75) is 45.8 Å². The highest BCUT2D eigenvalue weighted by Crippen LogP contribution is 2.22. The Morgan fingerprint density at radius 1 is 1.50 bits per heavy atom. The van der Waals surface area contributed by atoms with Gasteiger partial charge in [0.05, 0.1) is 12.7 Å². The molecule has 4 nitrogen and oxygen atoms in total. The van der Waals surface area contributed by atoms with E-state index in [9.17, 15) is 9.18 Å². The molecule has 2 unspecified atom stereocenters. The Balaban J connectivity index is 2.69. The van der Waals surface area contributed by atoms with E-state index in [-0.39, 0.29) is 18.8 Å². The molecule has 0 spiro atoms. The molecule has 0 radical (unpaired) electrons. The van der Waals surface area contributed by atoms with Gasteiger partial charge in [0.2, 0.25) is 0 Å². The van der Waals surface area contributed by atoms with Crippen molar-refractivity contribution in [1.29, 1.82) is 0 Å². The fourth-order valence-corrected chi connectivity index (χ4v) is 1.94. The SMILES string of the molecule is CCOC(=O)C(C)(N)CC(C)Oc1cc(C)ccc1F. The smallest absolute Gasteiger partial charge is 0.325 e. The number of carbonyl (C=O) groups is 1. The summed E-state index contributed by atoms with van der Waals surface area (Å²) in [5.41, 5.74) is 5.66. The van der Waals surface area contributed by atoms with Gasteiger partial charge in [-0.2, -0.15) is 0 Å². The lowest BCUT2D eigenvalue weighted by Crippen LogP contribution is -2.49. The van der Waals surface area contributed by atoms with E-state index in [4.69, 9.17) is 15.2 Å². The van der Waals surface area contributed by atoms with Gasteiger partial charge in [-0.3, -0.25) is 4.79 Å². The van der Waals surface area contributed by atoms with Crippen LogP contribution in [0.1, 0.15) is 32.8 Å². The summed E-state index contributed by atoms with van der Waals surface area (Å²) in [5, 5.41) is 0. The lowest BCUT2D eigenvalue weighted by atomic mass is 9.96. The van der Waals surface area contributed by atoms with Crippen molar-refractivity contribution in [3.05, 3.63) is 29.6 Å². The van der Waals surface area contributed by atoms with E-state index < -0.39 is 23.4 Å². The minimum Gasteiger partial charge on any atom is -0.488 e. The molecule has 2 N–H and O–H groups in total. The molecule has 0 saturated heterocycles. The molecule has 1 aromatic carbocycles. The van der Waals surface area contributed by atoms with Gasteiger partial charge in [0.1, 0.15) is 5.54 Å². The molecule has 0 heterocycles. The Kier molecular flexibility index (Phi) is 5.51. The maximum Gasteiger partial charge on any atom is 0.325 e. The van der Waals surface area contributed by atoms with Gasteiger partial charge in [0.25, 0.3) is 0 Å². The van der Waals surface area contributed by atoms with E-state index in [0.29, 0.717) is 0 Å². The monoisotopic (exact) mass is 283 g/mol. The largest absolute Gasteiger partial charge is 0.488 e.